The first kappa shape index (κ1) is 16.0. The fourth-order valence-electron chi connectivity index (χ4n) is 2.93. The predicted octanol–water partition coefficient (Wildman–Crippen LogP) is 3.95. The Morgan fingerprint density at radius 1 is 1.32 bits per heavy atom. The molecule has 0 saturated heterocycles. The molecule has 0 atom stereocenters. The second kappa shape index (κ2) is 6.07. The molecule has 6 nitrogen and oxygen atoms in total. The molecule has 1 amide bonds. The molecule has 0 fully saturated rings. The molecular weight excluding hydrogens is 386 g/mol. The van der Waals surface area contributed by atoms with Gasteiger partial charge < -0.3 is 14.8 Å². The van der Waals surface area contributed by atoms with Crippen LogP contribution in [0, 0.1) is 6.92 Å². The van der Waals surface area contributed by atoms with Crippen molar-refractivity contribution in [3.8, 4) is 11.5 Å². The first-order valence-electron chi connectivity index (χ1n) is 7.95. The number of pyridine rings is 1. The second-order valence-electron chi connectivity index (χ2n) is 5.84. The topological polar surface area (TPSA) is 64.9 Å². The van der Waals surface area contributed by atoms with Crippen LogP contribution in [0.15, 0.2) is 34.9 Å². The van der Waals surface area contributed by atoms with Crippen LogP contribution >= 0.6 is 15.9 Å². The number of hydrogen-bond acceptors (Lipinski definition) is 4. The monoisotopic (exact) mass is 401 g/mol. The molecule has 0 aliphatic carbocycles. The maximum absolute atomic E-state index is 12.9. The van der Waals surface area contributed by atoms with Crippen LogP contribution in [0.4, 0.5) is 5.69 Å². The predicted molar refractivity (Wildman–Crippen MR) is 97.5 cm³/mol. The van der Waals surface area contributed by atoms with Crippen molar-refractivity contribution in [2.75, 3.05) is 12.1 Å². The number of ether oxygens (including phenoxy) is 2. The molecule has 128 valence electrons. The average Bonchev–Trinajstić information content (AvgIpc) is 3.18. The Hall–Kier alpha value is -2.54. The largest absolute Gasteiger partial charge is 0.454 e. The van der Waals surface area contributed by atoms with Gasteiger partial charge in [0.05, 0.1) is 10.2 Å². The molecular formula is C18H16BrN3O3. The Labute approximate surface area is 152 Å². The molecule has 0 spiro atoms. The summed E-state index contributed by atoms with van der Waals surface area (Å²) in [6.45, 7) is 4.17. The van der Waals surface area contributed by atoms with Gasteiger partial charge >= 0.3 is 0 Å². The molecule has 3 aromatic rings. The van der Waals surface area contributed by atoms with Gasteiger partial charge in [-0.05, 0) is 53.0 Å². The molecule has 4 rings (SSSR count). The van der Waals surface area contributed by atoms with Crippen LogP contribution in [-0.2, 0) is 6.42 Å². The van der Waals surface area contributed by atoms with Gasteiger partial charge in [-0.25, -0.2) is 4.98 Å². The number of aryl methyl sites for hydroxylation is 2. The van der Waals surface area contributed by atoms with Crippen LogP contribution in [0.2, 0.25) is 0 Å². The number of hydrogen-bond donors (Lipinski definition) is 1. The zero-order valence-corrected chi connectivity index (χ0v) is 15.4. The Morgan fingerprint density at radius 2 is 2.12 bits per heavy atom. The summed E-state index contributed by atoms with van der Waals surface area (Å²) in [4.78, 5) is 17.5. The molecule has 0 bridgehead atoms. The van der Waals surface area contributed by atoms with E-state index in [9.17, 15) is 4.79 Å². The van der Waals surface area contributed by atoms with E-state index in [1.807, 2.05) is 30.5 Å². The van der Waals surface area contributed by atoms with Crippen molar-refractivity contribution < 1.29 is 14.3 Å². The summed E-state index contributed by atoms with van der Waals surface area (Å²) >= 11 is 3.53. The van der Waals surface area contributed by atoms with Crippen molar-refractivity contribution in [3.63, 3.8) is 0 Å². The maximum Gasteiger partial charge on any atom is 0.274 e. The highest BCUT2D eigenvalue weighted by molar-refractivity contribution is 9.10. The van der Waals surface area contributed by atoms with E-state index in [2.05, 4.69) is 26.2 Å². The minimum Gasteiger partial charge on any atom is -0.454 e. The number of benzene rings is 1. The van der Waals surface area contributed by atoms with Gasteiger partial charge in [-0.2, -0.15) is 0 Å². The molecule has 0 saturated carbocycles. The van der Waals surface area contributed by atoms with Crippen LogP contribution < -0.4 is 14.8 Å². The number of fused-ring (bicyclic) bond motifs is 2. The lowest BCUT2D eigenvalue weighted by Gasteiger charge is -2.08. The number of carbonyl (C=O) groups is 1. The van der Waals surface area contributed by atoms with Gasteiger partial charge in [0, 0.05) is 18.0 Å². The molecule has 1 N–H and O–H groups in total. The molecule has 2 aromatic heterocycles. The first-order valence-corrected chi connectivity index (χ1v) is 8.74. The third-order valence-corrected chi connectivity index (χ3v) is 4.65. The summed E-state index contributed by atoms with van der Waals surface area (Å²) in [5, 5.41) is 2.93. The zero-order chi connectivity index (χ0) is 17.6. The number of nitrogens with one attached hydrogen (secondary N) is 1. The Kier molecular flexibility index (Phi) is 3.88. The van der Waals surface area contributed by atoms with E-state index in [4.69, 9.17) is 9.47 Å². The number of imidazole rings is 1. The van der Waals surface area contributed by atoms with Crippen molar-refractivity contribution in [3.05, 3.63) is 51.9 Å². The number of nitrogens with zero attached hydrogens (tertiary/aromatic N) is 2. The summed E-state index contributed by atoms with van der Waals surface area (Å²) in [5.41, 5.74) is 3.72. The van der Waals surface area contributed by atoms with Gasteiger partial charge in [0.2, 0.25) is 6.79 Å². The first-order chi connectivity index (χ1) is 12.1. The smallest absolute Gasteiger partial charge is 0.274 e. The molecule has 0 radical (unpaired) electrons. The molecule has 3 heterocycles. The van der Waals surface area contributed by atoms with E-state index in [-0.39, 0.29) is 12.7 Å². The average molecular weight is 402 g/mol. The number of halogens is 1. The van der Waals surface area contributed by atoms with Crippen molar-refractivity contribution in [2.45, 2.75) is 20.3 Å². The minimum atomic E-state index is -0.208. The normalized spacial score (nSPS) is 12.6. The van der Waals surface area contributed by atoms with Gasteiger partial charge in [-0.1, -0.05) is 6.92 Å². The van der Waals surface area contributed by atoms with Crippen LogP contribution in [0.3, 0.4) is 0 Å². The van der Waals surface area contributed by atoms with Gasteiger partial charge in [0.15, 0.2) is 17.1 Å². The lowest BCUT2D eigenvalue weighted by molar-refractivity contribution is 0.102. The van der Waals surface area contributed by atoms with E-state index in [0.29, 0.717) is 29.3 Å². The van der Waals surface area contributed by atoms with Gasteiger partial charge in [-0.15, -0.1) is 0 Å². The quantitative estimate of drug-likeness (QED) is 0.721. The molecule has 1 aliphatic heterocycles. The van der Waals surface area contributed by atoms with Crippen LogP contribution in [0.25, 0.3) is 5.65 Å². The summed E-state index contributed by atoms with van der Waals surface area (Å²) in [5.74, 6) is 1.10. The van der Waals surface area contributed by atoms with E-state index >= 15 is 0 Å². The fourth-order valence-corrected chi connectivity index (χ4v) is 3.57. The summed E-state index contributed by atoms with van der Waals surface area (Å²) in [6, 6.07) is 7.33. The summed E-state index contributed by atoms with van der Waals surface area (Å²) in [6.07, 6.45) is 2.58. The molecule has 7 heteroatoms. The molecule has 1 aliphatic rings. The SMILES string of the molecule is CCc1nc2c(Br)cc(C)cn2c1C(=O)Nc1ccc2c(c1)OCO2. The highest BCUT2D eigenvalue weighted by atomic mass is 79.9. The lowest BCUT2D eigenvalue weighted by Crippen LogP contribution is -2.16. The van der Waals surface area contributed by atoms with E-state index < -0.39 is 0 Å². The summed E-state index contributed by atoms with van der Waals surface area (Å²) < 4.78 is 13.4. The minimum absolute atomic E-state index is 0.202. The van der Waals surface area contributed by atoms with Gasteiger partial charge in [0.1, 0.15) is 5.69 Å². The standard InChI is InChI=1S/C18H16BrN3O3/c1-3-13-16(22-8-10(2)6-12(19)17(22)21-13)18(23)20-11-4-5-14-15(7-11)25-9-24-14/h4-8H,3,9H2,1-2H3,(H,20,23). The third-order valence-electron chi connectivity index (χ3n) is 4.06. The van der Waals surface area contributed by atoms with Crippen molar-refractivity contribution in [1.29, 1.82) is 0 Å². The number of aromatic nitrogens is 2. The molecule has 0 unspecified atom stereocenters. The van der Waals surface area contributed by atoms with Gasteiger partial charge in [-0.3, -0.25) is 9.20 Å². The van der Waals surface area contributed by atoms with E-state index in [0.717, 1.165) is 21.4 Å². The van der Waals surface area contributed by atoms with Crippen molar-refractivity contribution >= 4 is 33.2 Å². The number of amides is 1. The number of anilines is 1. The molecule has 25 heavy (non-hydrogen) atoms. The maximum atomic E-state index is 12.9. The van der Waals surface area contributed by atoms with Crippen molar-refractivity contribution in [2.24, 2.45) is 0 Å². The highest BCUT2D eigenvalue weighted by Gasteiger charge is 2.21. The van der Waals surface area contributed by atoms with E-state index in [1.165, 1.54) is 0 Å². The zero-order valence-electron chi connectivity index (χ0n) is 13.8. The van der Waals surface area contributed by atoms with Crippen LogP contribution in [-0.4, -0.2) is 22.1 Å². The van der Waals surface area contributed by atoms with E-state index in [1.54, 1.807) is 18.2 Å². The molecule has 1 aromatic carbocycles. The fraction of sp³-hybridized carbons (Fsp3) is 0.222. The Balaban J connectivity index is 1.74. The summed E-state index contributed by atoms with van der Waals surface area (Å²) in [7, 11) is 0. The third kappa shape index (κ3) is 2.74. The Morgan fingerprint density at radius 3 is 2.92 bits per heavy atom. The van der Waals surface area contributed by atoms with Crippen molar-refractivity contribution in [1.82, 2.24) is 9.38 Å². The highest BCUT2D eigenvalue weighted by Crippen LogP contribution is 2.34. The van der Waals surface area contributed by atoms with Crippen LogP contribution in [0.5, 0.6) is 11.5 Å². The Bertz CT molecular complexity index is 997. The lowest BCUT2D eigenvalue weighted by atomic mass is 10.2. The number of carbonyl (C=O) groups excluding carboxylic acids is 1. The van der Waals surface area contributed by atoms with Gasteiger partial charge in [0.25, 0.3) is 5.91 Å². The number of rotatable bonds is 3. The second-order valence-corrected chi connectivity index (χ2v) is 6.70. The van der Waals surface area contributed by atoms with Crippen LogP contribution in [0.1, 0.15) is 28.7 Å².